The lowest BCUT2D eigenvalue weighted by molar-refractivity contribution is -0.274. The second-order valence-electron chi connectivity index (χ2n) is 8.59. The smallest absolute Gasteiger partial charge is 0.478 e. The van der Waals surface area contributed by atoms with Gasteiger partial charge in [0.2, 0.25) is 0 Å². The molecule has 7 nitrogen and oxygen atoms in total. The first-order valence-corrected chi connectivity index (χ1v) is 11.7. The van der Waals surface area contributed by atoms with Gasteiger partial charge in [0.25, 0.3) is 0 Å². The van der Waals surface area contributed by atoms with E-state index in [1.807, 2.05) is 18.2 Å². The molecule has 38 heavy (non-hydrogen) atoms. The fourth-order valence-electron chi connectivity index (χ4n) is 3.96. The highest BCUT2D eigenvalue weighted by Gasteiger charge is 2.31. The molecule has 1 atom stereocenters. The van der Waals surface area contributed by atoms with Crippen LogP contribution in [0, 0.1) is 5.92 Å². The van der Waals surface area contributed by atoms with Crippen LogP contribution >= 0.6 is 0 Å². The van der Waals surface area contributed by atoms with Crippen molar-refractivity contribution in [3.8, 4) is 17.1 Å². The summed E-state index contributed by atoms with van der Waals surface area (Å²) in [6.07, 6.45) is 0.543. The summed E-state index contributed by atoms with van der Waals surface area (Å²) in [5, 5.41) is 12.8. The summed E-state index contributed by atoms with van der Waals surface area (Å²) in [6.45, 7) is 0. The maximum Gasteiger partial charge on any atom is 0.573 e. The van der Waals surface area contributed by atoms with E-state index < -0.39 is 18.1 Å². The first-order chi connectivity index (χ1) is 18.2. The number of hydrogen-bond donors (Lipinski definition) is 2. The van der Waals surface area contributed by atoms with E-state index >= 15 is 0 Å². The number of aromatic nitrogens is 2. The van der Waals surface area contributed by atoms with Crippen molar-refractivity contribution in [2.45, 2.75) is 25.6 Å². The third kappa shape index (κ3) is 7.45. The second kappa shape index (κ2) is 11.6. The van der Waals surface area contributed by atoms with E-state index in [4.69, 9.17) is 5.11 Å². The topological polar surface area (TPSA) is 105 Å². The predicted molar refractivity (Wildman–Crippen MR) is 134 cm³/mol. The molecule has 0 saturated carbocycles. The summed E-state index contributed by atoms with van der Waals surface area (Å²) in [4.78, 5) is 24.8. The molecular weight excluding hydrogens is 501 g/mol. The fraction of sp³-hybridized carbons (Fsp3) is 0.179. The minimum Gasteiger partial charge on any atom is -0.478 e. The van der Waals surface area contributed by atoms with Gasteiger partial charge in [-0.1, -0.05) is 71.9 Å². The van der Waals surface area contributed by atoms with Gasteiger partial charge >= 0.3 is 18.1 Å². The lowest BCUT2D eigenvalue weighted by atomic mass is 9.91. The molecule has 4 rings (SSSR count). The Hall–Kier alpha value is -4.60. The van der Waals surface area contributed by atoms with Crippen LogP contribution < -0.4 is 10.5 Å². The molecule has 3 aromatic carbocycles. The quantitative estimate of drug-likeness (QED) is 0.259. The Morgan fingerprint density at radius 1 is 1.03 bits per heavy atom. The maximum atomic E-state index is 12.8. The molecule has 0 saturated heterocycles. The lowest BCUT2D eigenvalue weighted by Crippen LogP contribution is -2.17. The largest absolute Gasteiger partial charge is 0.573 e. The van der Waals surface area contributed by atoms with Crippen molar-refractivity contribution in [2.24, 2.45) is 5.92 Å². The molecule has 2 N–H and O–H groups in total. The van der Waals surface area contributed by atoms with Crippen molar-refractivity contribution in [2.75, 3.05) is 0 Å². The average Bonchev–Trinajstić information content (AvgIpc) is 3.32. The SMILES string of the molecule is O=C(O)c1ccc(CCC(/C=C/c2ccccc2OC(F)(F)F)Cc2ccc(-c3noc(=O)[nH]3)cc2)cc1. The van der Waals surface area contributed by atoms with Crippen molar-refractivity contribution in [3.05, 3.63) is 112 Å². The van der Waals surface area contributed by atoms with Gasteiger partial charge < -0.3 is 9.84 Å². The zero-order chi connectivity index (χ0) is 27.1. The number of carboxylic acids is 1. The number of alkyl halides is 3. The predicted octanol–water partition coefficient (Wildman–Crippen LogP) is 6.13. The van der Waals surface area contributed by atoms with Gasteiger partial charge in [0, 0.05) is 11.1 Å². The summed E-state index contributed by atoms with van der Waals surface area (Å²) < 4.78 is 47.2. The number of carboxylic acid groups (broad SMARTS) is 1. The summed E-state index contributed by atoms with van der Waals surface area (Å²) in [7, 11) is 0. The van der Waals surface area contributed by atoms with E-state index in [0.29, 0.717) is 36.2 Å². The number of ether oxygens (including phenoxy) is 1. The summed E-state index contributed by atoms with van der Waals surface area (Å²) >= 11 is 0. The van der Waals surface area contributed by atoms with E-state index in [-0.39, 0.29) is 17.2 Å². The first-order valence-electron chi connectivity index (χ1n) is 11.7. The lowest BCUT2D eigenvalue weighted by Gasteiger charge is -2.15. The number of hydrogen-bond acceptors (Lipinski definition) is 5. The Kier molecular flexibility index (Phi) is 8.10. The summed E-state index contributed by atoms with van der Waals surface area (Å²) in [5.41, 5.74) is 3.07. The van der Waals surface area contributed by atoms with Gasteiger partial charge in [0.1, 0.15) is 5.75 Å². The highest BCUT2D eigenvalue weighted by Crippen LogP contribution is 2.28. The molecule has 0 fully saturated rings. The van der Waals surface area contributed by atoms with Gasteiger partial charge in [-0.15, -0.1) is 13.2 Å². The van der Waals surface area contributed by atoms with Crippen LogP contribution in [-0.4, -0.2) is 27.6 Å². The zero-order valence-corrected chi connectivity index (χ0v) is 19.9. The number of benzene rings is 3. The van der Waals surface area contributed by atoms with Crippen LogP contribution in [0.15, 0.2) is 88.2 Å². The molecule has 1 unspecified atom stereocenters. The van der Waals surface area contributed by atoms with Crippen molar-refractivity contribution in [1.82, 2.24) is 10.1 Å². The van der Waals surface area contributed by atoms with Gasteiger partial charge in [0.15, 0.2) is 5.82 Å². The molecular formula is C28H23F3N2O5. The van der Waals surface area contributed by atoms with Crippen LogP contribution in [0.25, 0.3) is 17.5 Å². The number of aryl methyl sites for hydroxylation is 1. The molecule has 196 valence electrons. The van der Waals surface area contributed by atoms with E-state index in [9.17, 15) is 22.8 Å². The molecule has 0 amide bonds. The van der Waals surface area contributed by atoms with Crippen molar-refractivity contribution >= 4 is 12.0 Å². The summed E-state index contributed by atoms with van der Waals surface area (Å²) in [5.74, 6) is -1.70. The molecule has 0 aliphatic carbocycles. The molecule has 0 radical (unpaired) electrons. The molecule has 0 bridgehead atoms. The zero-order valence-electron chi connectivity index (χ0n) is 19.9. The highest BCUT2D eigenvalue weighted by atomic mass is 19.4. The molecule has 0 spiro atoms. The first kappa shape index (κ1) is 26.5. The maximum absolute atomic E-state index is 12.8. The van der Waals surface area contributed by atoms with E-state index in [1.165, 1.54) is 12.1 Å². The van der Waals surface area contributed by atoms with Crippen molar-refractivity contribution in [1.29, 1.82) is 0 Å². The fourth-order valence-corrected chi connectivity index (χ4v) is 3.96. The second-order valence-corrected chi connectivity index (χ2v) is 8.59. The number of carbonyl (C=O) groups is 1. The number of nitrogens with one attached hydrogen (secondary N) is 1. The Labute approximate surface area is 215 Å². The number of para-hydroxylation sites is 1. The van der Waals surface area contributed by atoms with E-state index in [1.54, 1.807) is 54.6 Å². The van der Waals surface area contributed by atoms with Gasteiger partial charge in [-0.05, 0) is 54.5 Å². The van der Waals surface area contributed by atoms with Crippen LogP contribution in [0.5, 0.6) is 5.75 Å². The number of nitrogens with zero attached hydrogens (tertiary/aromatic N) is 1. The van der Waals surface area contributed by atoms with Crippen LogP contribution in [0.2, 0.25) is 0 Å². The number of aromatic amines is 1. The van der Waals surface area contributed by atoms with Crippen LogP contribution in [0.3, 0.4) is 0 Å². The van der Waals surface area contributed by atoms with Gasteiger partial charge in [-0.25, -0.2) is 9.59 Å². The minimum atomic E-state index is -4.80. The number of H-pyrrole nitrogens is 1. The van der Waals surface area contributed by atoms with E-state index in [0.717, 1.165) is 11.1 Å². The summed E-state index contributed by atoms with van der Waals surface area (Å²) in [6, 6.07) is 19.9. The standard InChI is InChI=1S/C28H23F3N2O5/c29-28(30,31)37-24-4-2-1-3-21(24)12-9-19(6-5-18-7-15-23(16-8-18)26(34)35)17-20-10-13-22(14-11-20)25-32-27(36)38-33-25/h1-4,7-16,19H,5-6,17H2,(H,34,35)(H,32,33,36)/b12-9+. The molecule has 1 aromatic heterocycles. The average molecular weight is 524 g/mol. The molecule has 1 heterocycles. The van der Waals surface area contributed by atoms with Crippen LogP contribution in [0.4, 0.5) is 13.2 Å². The third-order valence-corrected chi connectivity index (χ3v) is 5.86. The molecule has 0 aliphatic rings. The number of rotatable bonds is 10. The monoisotopic (exact) mass is 524 g/mol. The van der Waals surface area contributed by atoms with Gasteiger partial charge in [0.05, 0.1) is 5.56 Å². The number of aromatic carboxylic acids is 1. The third-order valence-electron chi connectivity index (χ3n) is 5.86. The molecule has 0 aliphatic heterocycles. The van der Waals surface area contributed by atoms with Crippen LogP contribution in [0.1, 0.15) is 33.5 Å². The Morgan fingerprint density at radius 2 is 1.71 bits per heavy atom. The molecule has 10 heteroatoms. The number of halogens is 3. The molecule has 4 aromatic rings. The Morgan fingerprint density at radius 3 is 2.34 bits per heavy atom. The number of allylic oxidation sites excluding steroid dienone is 1. The Bertz CT molecular complexity index is 1460. The van der Waals surface area contributed by atoms with E-state index in [2.05, 4.69) is 19.4 Å². The van der Waals surface area contributed by atoms with Crippen molar-refractivity contribution in [3.63, 3.8) is 0 Å². The van der Waals surface area contributed by atoms with Gasteiger partial charge in [-0.3, -0.25) is 9.51 Å². The normalized spacial score (nSPS) is 12.5. The minimum absolute atomic E-state index is 0.0641. The highest BCUT2D eigenvalue weighted by molar-refractivity contribution is 5.87. The van der Waals surface area contributed by atoms with Crippen molar-refractivity contribution < 1.29 is 32.3 Å². The van der Waals surface area contributed by atoms with Crippen LogP contribution in [-0.2, 0) is 12.8 Å². The van der Waals surface area contributed by atoms with Gasteiger partial charge in [-0.2, -0.15) is 0 Å². The Balaban J connectivity index is 1.53.